The molecule has 0 spiro atoms. The van der Waals surface area contributed by atoms with E-state index >= 15 is 0 Å². The average molecular weight is 685 g/mol. The molecule has 0 unspecified atom stereocenters. The van der Waals surface area contributed by atoms with Crippen LogP contribution in [0.1, 0.15) is 32.6 Å². The molecule has 36 heavy (non-hydrogen) atoms. The van der Waals surface area contributed by atoms with Gasteiger partial charge in [0, 0.05) is 68.1 Å². The summed E-state index contributed by atoms with van der Waals surface area (Å²) in [6.07, 6.45) is 1.99. The second kappa shape index (κ2) is 28.9. The normalized spacial score (nSPS) is 10.1. The van der Waals surface area contributed by atoms with Crippen LogP contribution in [0.3, 0.4) is 0 Å². The quantitative estimate of drug-likeness (QED) is 0.0250. The Balaban J connectivity index is -0.000000495. The molecular formula is C20H43LaMnN8O6+. The van der Waals surface area contributed by atoms with Gasteiger partial charge in [0.25, 0.3) is 0 Å². The minimum absolute atomic E-state index is 0. The van der Waals surface area contributed by atoms with E-state index < -0.39 is 11.9 Å². The van der Waals surface area contributed by atoms with E-state index in [-0.39, 0.29) is 77.6 Å². The molecular weight excluding hydrogens is 642 g/mol. The maximum Gasteiger partial charge on any atom is 2.00 e. The molecule has 0 saturated heterocycles. The zero-order valence-electron chi connectivity index (χ0n) is 21.4. The number of nitrogens with zero attached hydrogens (tertiary/aromatic N) is 3. The summed E-state index contributed by atoms with van der Waals surface area (Å²) >= 11 is 0. The van der Waals surface area contributed by atoms with Crippen LogP contribution >= 0.6 is 0 Å². The number of carbonyl (C=O) groups is 4. The topological polar surface area (TPSA) is 207 Å². The molecule has 14 nitrogen and oxygen atoms in total. The number of hydrogen-bond donors (Lipinski definition) is 7. The zero-order valence-corrected chi connectivity index (χ0v) is 26.2. The van der Waals surface area contributed by atoms with Crippen molar-refractivity contribution >= 4 is 23.8 Å². The monoisotopic (exact) mass is 685 g/mol. The van der Waals surface area contributed by atoms with Gasteiger partial charge in [0.1, 0.15) is 0 Å². The second-order valence-electron chi connectivity index (χ2n) is 7.61. The Morgan fingerprint density at radius 1 is 0.833 bits per heavy atom. The summed E-state index contributed by atoms with van der Waals surface area (Å²) < 4.78 is 0. The molecule has 2 amide bonds. The standard InChI is InChI=1S/C16H34N7O4.C4H9NO2.La.Mn/c1-21(7-3-5-14(24)19-17)9-11-23(8-4-6-15(25)20-18)12-10-22(2)13-16(26)27;1-2-5-3-4(6)7;;/h1,3-13,17-18H2,2H3,(H,19,24)(H,20,25)(H,26,27);5H,2-3H2,1H3,(H,6,7);;/q-1;;;+2. The summed E-state index contributed by atoms with van der Waals surface area (Å²) in [5, 5.41) is 19.5. The predicted molar refractivity (Wildman–Crippen MR) is 128 cm³/mol. The number of carboxylic acids is 2. The van der Waals surface area contributed by atoms with Gasteiger partial charge in [0.05, 0.1) is 13.1 Å². The number of aliphatic carboxylic acids is 2. The summed E-state index contributed by atoms with van der Waals surface area (Å²) in [6, 6.07) is 0. The summed E-state index contributed by atoms with van der Waals surface area (Å²) in [7, 11) is 5.72. The van der Waals surface area contributed by atoms with Crippen LogP contribution in [0.15, 0.2) is 0 Å². The van der Waals surface area contributed by atoms with Crippen molar-refractivity contribution in [2.75, 3.05) is 66.0 Å². The van der Waals surface area contributed by atoms with E-state index in [0.717, 1.165) is 6.54 Å². The smallest absolute Gasteiger partial charge is 0.480 e. The van der Waals surface area contributed by atoms with Gasteiger partial charge >= 0.3 is 29.0 Å². The van der Waals surface area contributed by atoms with E-state index in [4.69, 9.17) is 21.9 Å². The van der Waals surface area contributed by atoms with E-state index in [9.17, 15) is 19.2 Å². The number of hydrogen-bond acceptors (Lipinski definition) is 10. The van der Waals surface area contributed by atoms with E-state index in [1.54, 1.807) is 11.9 Å². The van der Waals surface area contributed by atoms with Crippen molar-refractivity contribution in [3.8, 4) is 0 Å². The first-order valence-electron chi connectivity index (χ1n) is 11.1. The molecule has 0 aromatic heterocycles. The van der Waals surface area contributed by atoms with Crippen LogP contribution in [-0.4, -0.2) is 115 Å². The molecule has 0 aromatic rings. The Labute approximate surface area is 252 Å². The first kappa shape index (κ1) is 42.4. The van der Waals surface area contributed by atoms with Crippen LogP contribution in [0.2, 0.25) is 0 Å². The second-order valence-corrected chi connectivity index (χ2v) is 7.61. The van der Waals surface area contributed by atoms with E-state index in [1.165, 1.54) is 0 Å². The fourth-order valence-corrected chi connectivity index (χ4v) is 2.65. The Hall–Kier alpha value is -0.646. The molecule has 0 aromatic carbocycles. The summed E-state index contributed by atoms with van der Waals surface area (Å²) in [5.74, 6) is 8.04. The molecule has 208 valence electrons. The Morgan fingerprint density at radius 2 is 1.33 bits per heavy atom. The third kappa shape index (κ3) is 31.4. The van der Waals surface area contributed by atoms with Crippen molar-refractivity contribution in [1.29, 1.82) is 0 Å². The maximum atomic E-state index is 11.3. The van der Waals surface area contributed by atoms with Crippen molar-refractivity contribution in [2.24, 2.45) is 11.7 Å². The first-order chi connectivity index (χ1) is 16.0. The van der Waals surface area contributed by atoms with Crippen molar-refractivity contribution in [3.05, 3.63) is 7.05 Å². The molecule has 9 N–H and O–H groups in total. The number of amides is 2. The first-order valence-corrected chi connectivity index (χ1v) is 11.1. The minimum Gasteiger partial charge on any atom is -0.480 e. The Morgan fingerprint density at radius 3 is 1.75 bits per heavy atom. The number of nitrogens with two attached hydrogens (primary N) is 2. The van der Waals surface area contributed by atoms with Gasteiger partial charge < -0.3 is 25.3 Å². The molecule has 0 aliphatic rings. The number of likely N-dealkylation sites (N-methyl/N-ethyl adjacent to an activating group) is 2. The number of carboxylic acid groups (broad SMARTS) is 2. The Bertz CT molecular complexity index is 594. The molecule has 0 atom stereocenters. The van der Waals surface area contributed by atoms with Crippen LogP contribution in [0.25, 0.3) is 0 Å². The molecule has 2 radical (unpaired) electrons. The van der Waals surface area contributed by atoms with E-state index in [2.05, 4.69) is 28.1 Å². The van der Waals surface area contributed by atoms with Crippen LogP contribution in [-0.2, 0) is 36.2 Å². The zero-order chi connectivity index (χ0) is 26.4. The van der Waals surface area contributed by atoms with Crippen molar-refractivity contribution in [1.82, 2.24) is 30.9 Å². The van der Waals surface area contributed by atoms with E-state index in [0.29, 0.717) is 65.0 Å². The van der Waals surface area contributed by atoms with Gasteiger partial charge in [0.2, 0.25) is 11.8 Å². The predicted octanol–water partition coefficient (Wildman–Crippen LogP) is -2.38. The van der Waals surface area contributed by atoms with Crippen molar-refractivity contribution in [3.63, 3.8) is 0 Å². The number of hydrazine groups is 2. The molecule has 0 heterocycles. The van der Waals surface area contributed by atoms with Crippen LogP contribution in [0, 0.1) is 42.6 Å². The van der Waals surface area contributed by atoms with Gasteiger partial charge in [-0.15, -0.1) is 0 Å². The van der Waals surface area contributed by atoms with Gasteiger partial charge in [0.15, 0.2) is 0 Å². The maximum absolute atomic E-state index is 11.3. The van der Waals surface area contributed by atoms with Gasteiger partial charge in [-0.2, -0.15) is 0 Å². The largest absolute Gasteiger partial charge is 2.00 e. The van der Waals surface area contributed by atoms with Crippen LogP contribution < -0.4 is 27.9 Å². The molecule has 0 bridgehead atoms. The van der Waals surface area contributed by atoms with Gasteiger partial charge in [-0.05, 0) is 46.1 Å². The van der Waals surface area contributed by atoms with Gasteiger partial charge in [-0.1, -0.05) is 6.92 Å². The Kier molecular flexibility index (Phi) is 34.1. The van der Waals surface area contributed by atoms with Crippen LogP contribution in [0.4, 0.5) is 0 Å². The minimum atomic E-state index is -0.867. The fraction of sp³-hybridized carbons (Fsp3) is 0.750. The third-order valence-corrected chi connectivity index (χ3v) is 4.54. The van der Waals surface area contributed by atoms with Crippen molar-refractivity contribution in [2.45, 2.75) is 32.6 Å². The summed E-state index contributed by atoms with van der Waals surface area (Å²) in [4.78, 5) is 48.6. The molecule has 0 aliphatic carbocycles. The summed E-state index contributed by atoms with van der Waals surface area (Å²) in [6.45, 7) is 6.67. The molecule has 16 heteroatoms. The van der Waals surface area contributed by atoms with E-state index in [1.807, 2.05) is 11.8 Å². The van der Waals surface area contributed by atoms with Gasteiger partial charge in [-0.3, -0.25) is 42.0 Å². The fourth-order valence-electron chi connectivity index (χ4n) is 2.65. The third-order valence-electron chi connectivity index (χ3n) is 4.54. The molecule has 0 saturated carbocycles. The SMILES string of the molecule is CCNCC(=O)O.[CH2-]N(CCCC(=O)NN)CCN(CCCC(=O)NN)CCN(C)CC(=O)O.[La].[Mn+2]. The number of rotatable bonds is 19. The summed E-state index contributed by atoms with van der Waals surface area (Å²) in [5.41, 5.74) is 4.20. The number of carbonyl (C=O) groups excluding carboxylic acids is 2. The molecule has 0 rings (SSSR count). The van der Waals surface area contributed by atoms with Gasteiger partial charge in [-0.25, -0.2) is 11.7 Å². The molecule has 0 fully saturated rings. The average Bonchev–Trinajstić information content (AvgIpc) is 2.78. The van der Waals surface area contributed by atoms with Crippen LogP contribution in [0.5, 0.6) is 0 Å². The van der Waals surface area contributed by atoms with Crippen molar-refractivity contribution < 1.29 is 82.1 Å². The number of nitrogens with one attached hydrogen (secondary N) is 3. The molecule has 0 aliphatic heterocycles.